The number of nitrogens with zero attached hydrogens (tertiary/aromatic N) is 5. The molecule has 9 heteroatoms. The molecule has 2 rings (SSSR count). The molecule has 168 valence electrons. The van der Waals surface area contributed by atoms with E-state index in [0.717, 1.165) is 71.0 Å². The van der Waals surface area contributed by atoms with Crippen molar-refractivity contribution in [3.05, 3.63) is 0 Å². The highest BCUT2D eigenvalue weighted by Gasteiger charge is 2.24. The minimum Gasteiger partial charge on any atom is -0.356 e. The fourth-order valence-electron chi connectivity index (χ4n) is 3.52. The highest BCUT2D eigenvalue weighted by atomic mass is 127. The van der Waals surface area contributed by atoms with Gasteiger partial charge in [-0.15, -0.1) is 24.0 Å². The summed E-state index contributed by atoms with van der Waals surface area (Å²) in [5.41, 5.74) is 0. The molecule has 0 radical (unpaired) electrons. The number of carbonyl (C=O) groups is 2. The van der Waals surface area contributed by atoms with Gasteiger partial charge in [0.15, 0.2) is 5.96 Å². The van der Waals surface area contributed by atoms with Crippen molar-refractivity contribution in [3.8, 4) is 0 Å². The summed E-state index contributed by atoms with van der Waals surface area (Å²) >= 11 is 0. The zero-order valence-corrected chi connectivity index (χ0v) is 20.7. The largest absolute Gasteiger partial charge is 0.356 e. The van der Waals surface area contributed by atoms with E-state index in [1.54, 1.807) is 19.0 Å². The molecular weight excluding hydrogens is 483 g/mol. The molecule has 29 heavy (non-hydrogen) atoms. The SMILES string of the molecule is CCCNC(=NCC(=O)N(C)C)N1CCN(CC(=O)N2CCCCCC2)CC1.I. The fraction of sp³-hybridized carbons (Fsp3) is 0.850. The minimum atomic E-state index is -0.00233. The highest BCUT2D eigenvalue weighted by molar-refractivity contribution is 14.0. The van der Waals surface area contributed by atoms with Gasteiger partial charge in [-0.2, -0.15) is 0 Å². The third-order valence-electron chi connectivity index (χ3n) is 5.39. The van der Waals surface area contributed by atoms with E-state index in [-0.39, 0.29) is 42.3 Å². The van der Waals surface area contributed by atoms with Gasteiger partial charge in [-0.25, -0.2) is 4.99 Å². The second-order valence-corrected chi connectivity index (χ2v) is 7.91. The maximum atomic E-state index is 12.6. The molecule has 0 atom stereocenters. The Hall–Kier alpha value is -1.10. The monoisotopic (exact) mass is 522 g/mol. The van der Waals surface area contributed by atoms with Crippen LogP contribution >= 0.6 is 24.0 Å². The Morgan fingerprint density at radius 2 is 1.55 bits per heavy atom. The van der Waals surface area contributed by atoms with Crippen molar-refractivity contribution in [1.82, 2.24) is 24.9 Å². The van der Waals surface area contributed by atoms with E-state index in [1.165, 1.54) is 12.8 Å². The summed E-state index contributed by atoms with van der Waals surface area (Å²) in [5.74, 6) is 1.07. The zero-order valence-electron chi connectivity index (χ0n) is 18.4. The number of aliphatic imine (C=N–C) groups is 1. The first kappa shape index (κ1) is 25.9. The Labute approximate surface area is 193 Å². The van der Waals surface area contributed by atoms with E-state index in [2.05, 4.69) is 27.0 Å². The Kier molecular flexibility index (Phi) is 12.5. The van der Waals surface area contributed by atoms with Crippen molar-refractivity contribution >= 4 is 41.8 Å². The van der Waals surface area contributed by atoms with Crippen molar-refractivity contribution in [2.75, 3.05) is 73.0 Å². The summed E-state index contributed by atoms with van der Waals surface area (Å²) < 4.78 is 0. The van der Waals surface area contributed by atoms with Crippen molar-refractivity contribution in [2.45, 2.75) is 39.0 Å². The first-order valence-electron chi connectivity index (χ1n) is 10.7. The fourth-order valence-corrected chi connectivity index (χ4v) is 3.52. The van der Waals surface area contributed by atoms with Gasteiger partial charge in [0.1, 0.15) is 6.54 Å². The third-order valence-corrected chi connectivity index (χ3v) is 5.39. The van der Waals surface area contributed by atoms with Crippen LogP contribution in [0.3, 0.4) is 0 Å². The van der Waals surface area contributed by atoms with E-state index in [4.69, 9.17) is 0 Å². The predicted molar refractivity (Wildman–Crippen MR) is 128 cm³/mol. The van der Waals surface area contributed by atoms with Gasteiger partial charge in [0.05, 0.1) is 6.54 Å². The molecule has 0 aromatic carbocycles. The molecule has 0 spiro atoms. The van der Waals surface area contributed by atoms with Gasteiger partial charge in [0.25, 0.3) is 0 Å². The van der Waals surface area contributed by atoms with Crippen molar-refractivity contribution < 1.29 is 9.59 Å². The van der Waals surface area contributed by atoms with E-state index in [1.807, 2.05) is 4.90 Å². The molecular formula is C20H39IN6O2. The second kappa shape index (κ2) is 14.0. The molecule has 2 saturated heterocycles. The molecule has 0 aliphatic carbocycles. The average Bonchev–Trinajstić information content (AvgIpc) is 2.98. The molecule has 0 bridgehead atoms. The van der Waals surface area contributed by atoms with Crippen LogP contribution in [0, 0.1) is 0 Å². The Morgan fingerprint density at radius 3 is 2.10 bits per heavy atom. The zero-order chi connectivity index (χ0) is 20.4. The minimum absolute atomic E-state index is 0. The van der Waals surface area contributed by atoms with Crippen LogP contribution in [-0.2, 0) is 9.59 Å². The smallest absolute Gasteiger partial charge is 0.243 e. The van der Waals surface area contributed by atoms with E-state index >= 15 is 0 Å². The van der Waals surface area contributed by atoms with Crippen molar-refractivity contribution in [1.29, 1.82) is 0 Å². The number of likely N-dealkylation sites (N-methyl/N-ethyl adjacent to an activating group) is 1. The lowest BCUT2D eigenvalue weighted by Gasteiger charge is -2.37. The van der Waals surface area contributed by atoms with E-state index in [9.17, 15) is 9.59 Å². The first-order valence-corrected chi connectivity index (χ1v) is 10.7. The number of rotatable bonds is 6. The molecule has 2 aliphatic heterocycles. The van der Waals surface area contributed by atoms with Gasteiger partial charge in [0, 0.05) is 59.9 Å². The number of hydrogen-bond donors (Lipinski definition) is 1. The lowest BCUT2D eigenvalue weighted by molar-refractivity contribution is -0.132. The maximum absolute atomic E-state index is 12.6. The summed E-state index contributed by atoms with van der Waals surface area (Å²) in [6, 6.07) is 0. The van der Waals surface area contributed by atoms with Gasteiger partial charge in [-0.1, -0.05) is 19.8 Å². The van der Waals surface area contributed by atoms with E-state index in [0.29, 0.717) is 6.54 Å². The van der Waals surface area contributed by atoms with Crippen molar-refractivity contribution in [2.24, 2.45) is 4.99 Å². The predicted octanol–water partition coefficient (Wildman–Crippen LogP) is 1.07. The van der Waals surface area contributed by atoms with Crippen LogP contribution in [0.4, 0.5) is 0 Å². The quantitative estimate of drug-likeness (QED) is 0.321. The maximum Gasteiger partial charge on any atom is 0.243 e. The second-order valence-electron chi connectivity index (χ2n) is 7.91. The number of amides is 2. The summed E-state index contributed by atoms with van der Waals surface area (Å²) in [5, 5.41) is 3.36. The Morgan fingerprint density at radius 1 is 0.931 bits per heavy atom. The normalized spacial score (nSPS) is 18.7. The van der Waals surface area contributed by atoms with Gasteiger partial charge in [-0.05, 0) is 19.3 Å². The lowest BCUT2D eigenvalue weighted by Crippen LogP contribution is -2.54. The topological polar surface area (TPSA) is 71.5 Å². The molecule has 1 N–H and O–H groups in total. The van der Waals surface area contributed by atoms with Crippen molar-refractivity contribution in [3.63, 3.8) is 0 Å². The molecule has 0 saturated carbocycles. The van der Waals surface area contributed by atoms with Crippen LogP contribution in [0.5, 0.6) is 0 Å². The molecule has 0 unspecified atom stereocenters. The number of halogens is 1. The molecule has 2 aliphatic rings. The van der Waals surface area contributed by atoms with E-state index < -0.39 is 0 Å². The van der Waals surface area contributed by atoms with Crippen LogP contribution < -0.4 is 5.32 Å². The van der Waals surface area contributed by atoms with Gasteiger partial charge < -0.3 is 20.0 Å². The van der Waals surface area contributed by atoms with Crippen LogP contribution in [0.25, 0.3) is 0 Å². The molecule has 2 amide bonds. The Bertz CT molecular complexity index is 527. The molecule has 8 nitrogen and oxygen atoms in total. The summed E-state index contributed by atoms with van der Waals surface area (Å²) in [6.07, 6.45) is 5.75. The summed E-state index contributed by atoms with van der Waals surface area (Å²) in [6.45, 7) is 8.77. The van der Waals surface area contributed by atoms with Gasteiger partial charge in [-0.3, -0.25) is 14.5 Å². The average molecular weight is 522 g/mol. The standard InChI is InChI=1S/C20H38N6O2.HI/c1-4-9-21-20(22-16-18(27)23(2)3)26-14-12-24(13-15-26)17-19(28)25-10-7-5-6-8-11-25;/h4-17H2,1-3H3,(H,21,22);1H. The molecule has 0 aromatic rings. The molecule has 2 fully saturated rings. The Balaban J connectivity index is 0.00000420. The number of guanidine groups is 1. The van der Waals surface area contributed by atoms with Gasteiger partial charge >= 0.3 is 0 Å². The lowest BCUT2D eigenvalue weighted by atomic mass is 10.2. The van der Waals surface area contributed by atoms with Gasteiger partial charge in [0.2, 0.25) is 11.8 Å². The van der Waals surface area contributed by atoms with Crippen LogP contribution in [0.2, 0.25) is 0 Å². The molecule has 0 aromatic heterocycles. The number of carbonyl (C=O) groups excluding carboxylic acids is 2. The number of likely N-dealkylation sites (tertiary alicyclic amines) is 1. The number of hydrogen-bond acceptors (Lipinski definition) is 4. The highest BCUT2D eigenvalue weighted by Crippen LogP contribution is 2.11. The third kappa shape index (κ3) is 9.06. The number of nitrogens with one attached hydrogen (secondary N) is 1. The summed E-state index contributed by atoms with van der Waals surface area (Å²) in [4.78, 5) is 37.1. The molecule has 2 heterocycles. The van der Waals surface area contributed by atoms with Crippen LogP contribution in [0.15, 0.2) is 4.99 Å². The number of piperazine rings is 1. The van der Waals surface area contributed by atoms with Crippen LogP contribution in [-0.4, -0.2) is 110 Å². The summed E-state index contributed by atoms with van der Waals surface area (Å²) in [7, 11) is 3.49. The first-order chi connectivity index (χ1) is 13.5. The van der Waals surface area contributed by atoms with Crippen LogP contribution in [0.1, 0.15) is 39.0 Å².